The minimum absolute atomic E-state index is 0.161. The van der Waals surface area contributed by atoms with E-state index < -0.39 is 0 Å². The summed E-state index contributed by atoms with van der Waals surface area (Å²) >= 11 is 3.48. The Kier molecular flexibility index (Phi) is 3.85. The first-order valence-electron chi connectivity index (χ1n) is 6.53. The summed E-state index contributed by atoms with van der Waals surface area (Å²) in [4.78, 5) is 4.02. The number of halogens is 1. The van der Waals surface area contributed by atoms with Gasteiger partial charge in [0.2, 0.25) is 0 Å². The van der Waals surface area contributed by atoms with Gasteiger partial charge in [0.1, 0.15) is 11.3 Å². The molecule has 0 aliphatic carbocycles. The van der Waals surface area contributed by atoms with E-state index in [4.69, 9.17) is 4.42 Å². The van der Waals surface area contributed by atoms with Crippen molar-refractivity contribution in [3.63, 3.8) is 0 Å². The van der Waals surface area contributed by atoms with E-state index in [9.17, 15) is 0 Å². The molecule has 0 radical (unpaired) electrons. The largest absolute Gasteiger partial charge is 0.459 e. The van der Waals surface area contributed by atoms with Crippen LogP contribution in [-0.4, -0.2) is 4.98 Å². The van der Waals surface area contributed by atoms with Crippen LogP contribution in [0.1, 0.15) is 24.3 Å². The van der Waals surface area contributed by atoms with Crippen molar-refractivity contribution in [1.29, 1.82) is 0 Å². The molecule has 1 atom stereocenters. The summed E-state index contributed by atoms with van der Waals surface area (Å²) in [6, 6.07) is 12.3. The summed E-state index contributed by atoms with van der Waals surface area (Å²) in [6.07, 6.45) is 3.61. The molecule has 2 heterocycles. The number of hydrogen-bond acceptors (Lipinski definition) is 3. The standard InChI is InChI=1S/C16H15BrN2O/c1-11(19-10-12-4-6-18-7-5-12)16-9-13-8-14(17)2-3-15(13)20-16/h2-9,11,19H,10H2,1H3. The van der Waals surface area contributed by atoms with Gasteiger partial charge in [-0.2, -0.15) is 0 Å². The number of nitrogens with zero attached hydrogens (tertiary/aromatic N) is 1. The third-order valence-electron chi connectivity index (χ3n) is 3.29. The number of benzene rings is 1. The molecule has 3 rings (SSSR count). The Morgan fingerprint density at radius 3 is 2.80 bits per heavy atom. The zero-order chi connectivity index (χ0) is 13.9. The number of furan rings is 1. The number of pyridine rings is 1. The van der Waals surface area contributed by atoms with Gasteiger partial charge in [0.25, 0.3) is 0 Å². The number of aromatic nitrogens is 1. The van der Waals surface area contributed by atoms with Crippen LogP contribution in [0.2, 0.25) is 0 Å². The van der Waals surface area contributed by atoms with Gasteiger partial charge in [-0.3, -0.25) is 4.98 Å². The smallest absolute Gasteiger partial charge is 0.134 e. The van der Waals surface area contributed by atoms with Gasteiger partial charge in [-0.05, 0) is 48.9 Å². The Morgan fingerprint density at radius 1 is 1.20 bits per heavy atom. The Morgan fingerprint density at radius 2 is 2.00 bits per heavy atom. The highest BCUT2D eigenvalue weighted by atomic mass is 79.9. The van der Waals surface area contributed by atoms with Gasteiger partial charge < -0.3 is 9.73 Å². The highest BCUT2D eigenvalue weighted by Gasteiger charge is 2.11. The van der Waals surface area contributed by atoms with Crippen molar-refractivity contribution in [2.45, 2.75) is 19.5 Å². The molecule has 0 saturated carbocycles. The first-order chi connectivity index (χ1) is 9.72. The zero-order valence-corrected chi connectivity index (χ0v) is 12.7. The summed E-state index contributed by atoms with van der Waals surface area (Å²) in [6.45, 7) is 2.90. The van der Waals surface area contributed by atoms with E-state index in [1.54, 1.807) is 12.4 Å². The molecule has 1 unspecified atom stereocenters. The molecule has 0 amide bonds. The Hall–Kier alpha value is -1.65. The van der Waals surface area contributed by atoms with Crippen LogP contribution in [0.3, 0.4) is 0 Å². The zero-order valence-electron chi connectivity index (χ0n) is 11.1. The fourth-order valence-corrected chi connectivity index (χ4v) is 2.50. The second-order valence-corrected chi connectivity index (χ2v) is 5.70. The third-order valence-corrected chi connectivity index (χ3v) is 3.78. The molecule has 0 fully saturated rings. The van der Waals surface area contributed by atoms with Gasteiger partial charge >= 0.3 is 0 Å². The lowest BCUT2D eigenvalue weighted by Crippen LogP contribution is -2.17. The molecule has 3 aromatic rings. The number of nitrogens with one attached hydrogen (secondary N) is 1. The minimum Gasteiger partial charge on any atom is -0.459 e. The monoisotopic (exact) mass is 330 g/mol. The van der Waals surface area contributed by atoms with Crippen molar-refractivity contribution in [1.82, 2.24) is 10.3 Å². The van der Waals surface area contributed by atoms with Crippen molar-refractivity contribution < 1.29 is 4.42 Å². The van der Waals surface area contributed by atoms with E-state index in [1.165, 1.54) is 5.56 Å². The van der Waals surface area contributed by atoms with E-state index in [0.29, 0.717) is 0 Å². The molecule has 0 bridgehead atoms. The maximum atomic E-state index is 5.88. The molecule has 0 saturated heterocycles. The van der Waals surface area contributed by atoms with Crippen LogP contribution < -0.4 is 5.32 Å². The molecular weight excluding hydrogens is 316 g/mol. The normalized spacial score (nSPS) is 12.7. The van der Waals surface area contributed by atoms with Crippen molar-refractivity contribution in [2.24, 2.45) is 0 Å². The van der Waals surface area contributed by atoms with Gasteiger partial charge in [0.05, 0.1) is 6.04 Å². The molecule has 1 N–H and O–H groups in total. The van der Waals surface area contributed by atoms with E-state index >= 15 is 0 Å². The molecule has 1 aromatic carbocycles. The molecule has 2 aromatic heterocycles. The summed E-state index contributed by atoms with van der Waals surface area (Å²) in [5.41, 5.74) is 2.13. The molecule has 0 aliphatic rings. The molecular formula is C16H15BrN2O. The van der Waals surface area contributed by atoms with Crippen LogP contribution in [0.25, 0.3) is 11.0 Å². The summed E-state index contributed by atoms with van der Waals surface area (Å²) in [5, 5.41) is 4.58. The van der Waals surface area contributed by atoms with Crippen LogP contribution in [0.15, 0.2) is 57.7 Å². The minimum atomic E-state index is 0.161. The lowest BCUT2D eigenvalue weighted by Gasteiger charge is -2.10. The molecule has 102 valence electrons. The van der Waals surface area contributed by atoms with Crippen LogP contribution in [0, 0.1) is 0 Å². The molecule has 3 nitrogen and oxygen atoms in total. The fraction of sp³-hybridized carbons (Fsp3) is 0.188. The molecule has 0 aliphatic heterocycles. The number of hydrogen-bond donors (Lipinski definition) is 1. The third kappa shape index (κ3) is 2.92. The first-order valence-corrected chi connectivity index (χ1v) is 7.33. The van der Waals surface area contributed by atoms with Crippen LogP contribution in [-0.2, 0) is 6.54 Å². The maximum absolute atomic E-state index is 5.88. The van der Waals surface area contributed by atoms with Gasteiger partial charge in [-0.15, -0.1) is 0 Å². The number of fused-ring (bicyclic) bond motifs is 1. The average molecular weight is 331 g/mol. The summed E-state index contributed by atoms with van der Waals surface area (Å²) in [7, 11) is 0. The highest BCUT2D eigenvalue weighted by molar-refractivity contribution is 9.10. The fourth-order valence-electron chi connectivity index (χ4n) is 2.12. The van der Waals surface area contributed by atoms with E-state index in [1.807, 2.05) is 24.3 Å². The first kappa shape index (κ1) is 13.3. The predicted molar refractivity (Wildman–Crippen MR) is 83.4 cm³/mol. The predicted octanol–water partition coefficient (Wildman–Crippen LogP) is 4.44. The second-order valence-electron chi connectivity index (χ2n) is 4.79. The topological polar surface area (TPSA) is 38.1 Å². The lowest BCUT2D eigenvalue weighted by molar-refractivity contribution is 0.451. The van der Waals surface area contributed by atoms with Crippen LogP contribution in [0.4, 0.5) is 0 Å². The van der Waals surface area contributed by atoms with Gasteiger partial charge in [-0.25, -0.2) is 0 Å². The lowest BCUT2D eigenvalue weighted by atomic mass is 10.2. The summed E-state index contributed by atoms with van der Waals surface area (Å²) in [5.74, 6) is 0.951. The van der Waals surface area contributed by atoms with Crippen molar-refractivity contribution in [3.8, 4) is 0 Å². The number of rotatable bonds is 4. The SMILES string of the molecule is CC(NCc1ccncc1)c1cc2cc(Br)ccc2o1. The average Bonchev–Trinajstić information content (AvgIpc) is 2.89. The Labute approximate surface area is 126 Å². The molecule has 0 spiro atoms. The quantitative estimate of drug-likeness (QED) is 0.768. The van der Waals surface area contributed by atoms with Crippen molar-refractivity contribution in [3.05, 3.63) is 64.6 Å². The Bertz CT molecular complexity index is 709. The van der Waals surface area contributed by atoms with E-state index in [0.717, 1.165) is 27.7 Å². The van der Waals surface area contributed by atoms with Crippen LogP contribution >= 0.6 is 15.9 Å². The van der Waals surface area contributed by atoms with Crippen molar-refractivity contribution in [2.75, 3.05) is 0 Å². The Balaban J connectivity index is 1.73. The maximum Gasteiger partial charge on any atom is 0.134 e. The van der Waals surface area contributed by atoms with Gasteiger partial charge in [-0.1, -0.05) is 15.9 Å². The van der Waals surface area contributed by atoms with E-state index in [-0.39, 0.29) is 6.04 Å². The van der Waals surface area contributed by atoms with Gasteiger partial charge in [0, 0.05) is 28.8 Å². The summed E-state index contributed by atoms with van der Waals surface area (Å²) < 4.78 is 6.94. The van der Waals surface area contributed by atoms with E-state index in [2.05, 4.69) is 45.3 Å². The van der Waals surface area contributed by atoms with Crippen LogP contribution in [0.5, 0.6) is 0 Å². The highest BCUT2D eigenvalue weighted by Crippen LogP contribution is 2.26. The second kappa shape index (κ2) is 5.77. The molecule has 4 heteroatoms. The van der Waals surface area contributed by atoms with Crippen molar-refractivity contribution >= 4 is 26.9 Å². The molecule has 20 heavy (non-hydrogen) atoms. The van der Waals surface area contributed by atoms with Gasteiger partial charge in [0.15, 0.2) is 0 Å².